The van der Waals surface area contributed by atoms with Gasteiger partial charge in [0.15, 0.2) is 12.6 Å². The molecule has 0 unspecified atom stereocenters. The van der Waals surface area contributed by atoms with Gasteiger partial charge in [-0.2, -0.15) is 0 Å². The Bertz CT molecular complexity index is 1400. The fraction of sp³-hybridized carbons (Fsp3) is 0.727. The van der Waals surface area contributed by atoms with E-state index in [9.17, 15) is 60.3 Å². The van der Waals surface area contributed by atoms with Crippen molar-refractivity contribution in [1.29, 1.82) is 0 Å². The zero-order chi connectivity index (χ0) is 38.9. The third-order valence-electron chi connectivity index (χ3n) is 10.5. The Morgan fingerprint density at radius 3 is 1.83 bits per heavy atom. The first kappa shape index (κ1) is 40.9. The molecule has 53 heavy (non-hydrogen) atoms. The fourth-order valence-corrected chi connectivity index (χ4v) is 7.50. The lowest BCUT2D eigenvalue weighted by Gasteiger charge is -2.43. The first-order valence-electron chi connectivity index (χ1n) is 16.9. The molecule has 0 radical (unpaired) electrons. The number of aliphatic hydroxyl groups excluding tert-OH is 8. The van der Waals surface area contributed by atoms with E-state index in [1.807, 2.05) is 0 Å². The molecule has 3 fully saturated rings. The molecule has 4 aliphatic heterocycles. The third-order valence-corrected chi connectivity index (χ3v) is 10.5. The molecule has 0 bridgehead atoms. The highest BCUT2D eigenvalue weighted by Crippen LogP contribution is 2.49. The van der Waals surface area contributed by atoms with E-state index < -0.39 is 147 Å². The summed E-state index contributed by atoms with van der Waals surface area (Å²) in [6, 6.07) is 0. The van der Waals surface area contributed by atoms with Gasteiger partial charge in [-0.25, -0.2) is 9.59 Å². The SMILES string of the molecule is C=C[C@H]1[C@H](O[C@@H]2O[C@H](CO)[C@@H](O)[C@H](O)[C@H]2O)OC=C(C(=O)O[C@H]2C[C@@H]3C(C(=O)OC)=CO[C@@H](O[C@@H]4O[C@H](CO)[C@@H](O)[C@H](O)[C@H]4O)[C@@H]3[C@H]2C)[C@H]1CC(=O)O. The maximum atomic E-state index is 13.8. The lowest BCUT2D eigenvalue weighted by Crippen LogP contribution is -2.60. The number of fused-ring (bicyclic) bond motifs is 1. The lowest BCUT2D eigenvalue weighted by atomic mass is 9.81. The lowest BCUT2D eigenvalue weighted by molar-refractivity contribution is -0.342. The predicted octanol–water partition coefficient (Wildman–Crippen LogP) is -3.65. The molecule has 0 amide bonds. The van der Waals surface area contributed by atoms with Gasteiger partial charge in [0.2, 0.25) is 12.6 Å². The first-order chi connectivity index (χ1) is 25.2. The summed E-state index contributed by atoms with van der Waals surface area (Å²) in [6.45, 7) is 3.95. The van der Waals surface area contributed by atoms with Crippen molar-refractivity contribution in [2.24, 2.45) is 29.6 Å². The molecular formula is C33H46O20. The molecule has 1 aliphatic carbocycles. The minimum absolute atomic E-state index is 0.0296. The highest BCUT2D eigenvalue weighted by Gasteiger charge is 2.55. The molecule has 0 aromatic rings. The van der Waals surface area contributed by atoms with E-state index in [2.05, 4.69) is 6.58 Å². The number of ether oxygens (including phenoxy) is 8. The zero-order valence-electron chi connectivity index (χ0n) is 28.7. The van der Waals surface area contributed by atoms with Crippen LogP contribution >= 0.6 is 0 Å². The highest BCUT2D eigenvalue weighted by atomic mass is 16.8. The van der Waals surface area contributed by atoms with Crippen LogP contribution in [-0.2, 0) is 52.3 Å². The molecule has 298 valence electrons. The van der Waals surface area contributed by atoms with E-state index in [-0.39, 0.29) is 17.6 Å². The molecule has 5 rings (SSSR count). The van der Waals surface area contributed by atoms with E-state index in [1.165, 1.54) is 6.08 Å². The average Bonchev–Trinajstić information content (AvgIpc) is 3.46. The van der Waals surface area contributed by atoms with Crippen LogP contribution < -0.4 is 0 Å². The van der Waals surface area contributed by atoms with Crippen LogP contribution in [0, 0.1) is 29.6 Å². The summed E-state index contributed by atoms with van der Waals surface area (Å²) >= 11 is 0. The molecule has 0 aromatic heterocycles. The van der Waals surface area contributed by atoms with Gasteiger partial charge in [-0.1, -0.05) is 13.0 Å². The molecule has 20 nitrogen and oxygen atoms in total. The summed E-state index contributed by atoms with van der Waals surface area (Å²) in [7, 11) is 1.16. The normalized spacial score (nSPS) is 44.0. The summed E-state index contributed by atoms with van der Waals surface area (Å²) in [5.41, 5.74) is -0.137. The van der Waals surface area contributed by atoms with Crippen LogP contribution in [0.15, 0.2) is 36.3 Å². The number of methoxy groups -OCH3 is 1. The quantitative estimate of drug-likeness (QED) is 0.0684. The van der Waals surface area contributed by atoms with E-state index in [0.29, 0.717) is 0 Å². The molecule has 0 spiro atoms. The van der Waals surface area contributed by atoms with Gasteiger partial charge in [0, 0.05) is 29.6 Å². The first-order valence-corrected chi connectivity index (χ1v) is 16.9. The topological polar surface area (TPSA) is 307 Å². The van der Waals surface area contributed by atoms with Crippen LogP contribution in [0.1, 0.15) is 19.8 Å². The Morgan fingerprint density at radius 2 is 1.32 bits per heavy atom. The van der Waals surface area contributed by atoms with Crippen molar-refractivity contribution in [3.05, 3.63) is 36.3 Å². The van der Waals surface area contributed by atoms with Crippen molar-refractivity contribution in [1.82, 2.24) is 0 Å². The number of carbonyl (C=O) groups is 3. The third kappa shape index (κ3) is 8.09. The van der Waals surface area contributed by atoms with Gasteiger partial charge in [-0.3, -0.25) is 4.79 Å². The number of carbonyl (C=O) groups excluding carboxylic acids is 2. The summed E-state index contributed by atoms with van der Waals surface area (Å²) in [4.78, 5) is 38.6. The van der Waals surface area contributed by atoms with Crippen molar-refractivity contribution in [3.8, 4) is 0 Å². The van der Waals surface area contributed by atoms with Gasteiger partial charge >= 0.3 is 17.9 Å². The molecule has 1 saturated carbocycles. The van der Waals surface area contributed by atoms with Crippen molar-refractivity contribution in [3.63, 3.8) is 0 Å². The van der Waals surface area contributed by atoms with Crippen LogP contribution in [0.5, 0.6) is 0 Å². The summed E-state index contributed by atoms with van der Waals surface area (Å²) in [6.07, 6.45) is -17.2. The number of hydrogen-bond donors (Lipinski definition) is 9. The fourth-order valence-electron chi connectivity index (χ4n) is 7.50. The molecule has 9 N–H and O–H groups in total. The van der Waals surface area contributed by atoms with Crippen LogP contribution in [0.4, 0.5) is 0 Å². The van der Waals surface area contributed by atoms with Gasteiger partial charge in [0.1, 0.15) is 54.9 Å². The second-order valence-corrected chi connectivity index (χ2v) is 13.6. The predicted molar refractivity (Wildman–Crippen MR) is 168 cm³/mol. The highest BCUT2D eigenvalue weighted by molar-refractivity contribution is 5.90. The van der Waals surface area contributed by atoms with E-state index in [1.54, 1.807) is 6.92 Å². The Morgan fingerprint density at radius 1 is 0.792 bits per heavy atom. The summed E-state index contributed by atoms with van der Waals surface area (Å²) in [5, 5.41) is 90.6. The van der Waals surface area contributed by atoms with E-state index >= 15 is 0 Å². The molecule has 20 heteroatoms. The number of carboxylic acids is 1. The second-order valence-electron chi connectivity index (χ2n) is 13.6. The summed E-state index contributed by atoms with van der Waals surface area (Å²) < 4.78 is 44.7. The Hall–Kier alpha value is -3.25. The standard InChI is InChI=1S/C33H46O20/c1-4-12-13(6-20(36)37)15(9-47-30(12)52-32-26(42)24(40)22(38)18(7-34)50-32)29(45)49-17-5-14-16(28(44)46-3)10-48-31(21(14)11(17)2)53-33-27(43)25(41)23(39)19(8-35)51-33/h4,9-14,17-19,21-27,30-35,38-43H,1,5-8H2,2-3H3,(H,36,37)/t11-,12+,13-,14+,17-,18+,19+,21+,22+,23+,24-,25-,26+,27+,30-,31-,32-,33-/m0/s1. The Labute approximate surface area is 302 Å². The maximum absolute atomic E-state index is 13.8. The maximum Gasteiger partial charge on any atom is 0.337 e. The van der Waals surface area contributed by atoms with Crippen LogP contribution in [0.25, 0.3) is 0 Å². The molecule has 2 saturated heterocycles. The number of rotatable bonds is 12. The number of hydrogen-bond acceptors (Lipinski definition) is 19. The zero-order valence-corrected chi connectivity index (χ0v) is 28.7. The van der Waals surface area contributed by atoms with Crippen molar-refractivity contribution >= 4 is 17.9 Å². The molecule has 18 atom stereocenters. The smallest absolute Gasteiger partial charge is 0.337 e. The molecule has 0 aromatic carbocycles. The van der Waals surface area contributed by atoms with Gasteiger partial charge < -0.3 is 83.9 Å². The van der Waals surface area contributed by atoms with Gasteiger partial charge in [0.25, 0.3) is 0 Å². The van der Waals surface area contributed by atoms with Crippen molar-refractivity contribution in [2.75, 3.05) is 20.3 Å². The van der Waals surface area contributed by atoms with Crippen LogP contribution in [0.3, 0.4) is 0 Å². The largest absolute Gasteiger partial charge is 0.481 e. The number of aliphatic hydroxyl groups is 8. The van der Waals surface area contributed by atoms with Gasteiger partial charge in [-0.05, 0) is 6.42 Å². The average molecular weight is 763 g/mol. The Kier molecular flexibility index (Phi) is 13.2. The van der Waals surface area contributed by atoms with Crippen molar-refractivity contribution in [2.45, 2.75) is 99.9 Å². The Balaban J connectivity index is 1.35. The summed E-state index contributed by atoms with van der Waals surface area (Å²) in [5.74, 6) is -7.40. The monoisotopic (exact) mass is 762 g/mol. The molecule has 4 heterocycles. The molecular weight excluding hydrogens is 716 g/mol. The van der Waals surface area contributed by atoms with E-state index in [0.717, 1.165) is 19.6 Å². The van der Waals surface area contributed by atoms with Gasteiger partial charge in [-0.15, -0.1) is 6.58 Å². The molecule has 5 aliphatic rings. The minimum Gasteiger partial charge on any atom is -0.481 e. The van der Waals surface area contributed by atoms with Crippen LogP contribution in [0.2, 0.25) is 0 Å². The second kappa shape index (κ2) is 17.0. The van der Waals surface area contributed by atoms with Gasteiger partial charge in [0.05, 0.1) is 50.4 Å². The van der Waals surface area contributed by atoms with E-state index in [4.69, 9.17) is 37.9 Å². The minimum atomic E-state index is -1.80. The number of esters is 2. The number of carboxylic acid groups (broad SMARTS) is 1. The number of aliphatic carboxylic acids is 1. The van der Waals surface area contributed by atoms with Crippen molar-refractivity contribution < 1.29 is 98.2 Å². The van der Waals surface area contributed by atoms with Crippen LogP contribution in [-0.4, -0.2) is 164 Å².